The molecule has 5 nitrogen and oxygen atoms in total. The average molecular weight is 211 g/mol. The lowest BCUT2D eigenvalue weighted by Crippen LogP contribution is -2.20. The third-order valence-electron chi connectivity index (χ3n) is 2.14. The van der Waals surface area contributed by atoms with E-state index in [9.17, 15) is 4.79 Å². The van der Waals surface area contributed by atoms with Gasteiger partial charge in [-0.05, 0) is 5.92 Å². The van der Waals surface area contributed by atoms with Gasteiger partial charge in [0, 0.05) is 24.8 Å². The van der Waals surface area contributed by atoms with E-state index < -0.39 is 11.9 Å². The maximum atomic E-state index is 10.8. The monoisotopic (exact) mass is 211 g/mol. The van der Waals surface area contributed by atoms with Crippen molar-refractivity contribution in [2.24, 2.45) is 11.7 Å². The summed E-state index contributed by atoms with van der Waals surface area (Å²) < 4.78 is 1.76. The zero-order chi connectivity index (χ0) is 11.4. The third-order valence-corrected chi connectivity index (χ3v) is 2.14. The second-order valence-electron chi connectivity index (χ2n) is 4.02. The Balaban J connectivity index is 2.78. The minimum Gasteiger partial charge on any atom is -0.481 e. The van der Waals surface area contributed by atoms with Gasteiger partial charge in [-0.15, -0.1) is 0 Å². The van der Waals surface area contributed by atoms with Gasteiger partial charge in [-0.1, -0.05) is 13.8 Å². The first-order valence-electron chi connectivity index (χ1n) is 4.99. The molecule has 0 spiro atoms. The fourth-order valence-corrected chi connectivity index (χ4v) is 1.41. The van der Waals surface area contributed by atoms with Gasteiger partial charge in [0.2, 0.25) is 0 Å². The fraction of sp³-hybridized carbons (Fsp3) is 0.600. The van der Waals surface area contributed by atoms with Crippen LogP contribution in [-0.4, -0.2) is 27.4 Å². The SMILES string of the molecule is CC(C)Cn1cc(C(CN)C(=O)O)cn1. The highest BCUT2D eigenvalue weighted by Gasteiger charge is 2.19. The quantitative estimate of drug-likeness (QED) is 0.750. The maximum Gasteiger partial charge on any atom is 0.312 e. The van der Waals surface area contributed by atoms with Gasteiger partial charge < -0.3 is 10.8 Å². The summed E-state index contributed by atoms with van der Waals surface area (Å²) in [6.07, 6.45) is 3.33. The Morgan fingerprint density at radius 2 is 2.33 bits per heavy atom. The Morgan fingerprint density at radius 3 is 2.80 bits per heavy atom. The summed E-state index contributed by atoms with van der Waals surface area (Å²) in [4.78, 5) is 10.8. The topological polar surface area (TPSA) is 81.1 Å². The highest BCUT2D eigenvalue weighted by Crippen LogP contribution is 2.14. The first-order valence-corrected chi connectivity index (χ1v) is 4.99. The van der Waals surface area contributed by atoms with E-state index in [0.29, 0.717) is 11.5 Å². The van der Waals surface area contributed by atoms with Crippen molar-refractivity contribution in [3.63, 3.8) is 0 Å². The summed E-state index contributed by atoms with van der Waals surface area (Å²) in [5, 5.41) is 13.0. The van der Waals surface area contributed by atoms with Crippen molar-refractivity contribution in [1.29, 1.82) is 0 Å². The van der Waals surface area contributed by atoms with E-state index in [2.05, 4.69) is 18.9 Å². The highest BCUT2D eigenvalue weighted by atomic mass is 16.4. The van der Waals surface area contributed by atoms with Crippen LogP contribution in [0.15, 0.2) is 12.4 Å². The molecule has 1 aromatic rings. The Kier molecular flexibility index (Phi) is 3.85. The molecule has 0 saturated carbocycles. The number of aliphatic carboxylic acids is 1. The van der Waals surface area contributed by atoms with Crippen LogP contribution in [0.5, 0.6) is 0 Å². The number of carboxylic acid groups (broad SMARTS) is 1. The average Bonchev–Trinajstić information content (AvgIpc) is 2.52. The number of hydrogen-bond donors (Lipinski definition) is 2. The predicted molar refractivity (Wildman–Crippen MR) is 56.5 cm³/mol. The van der Waals surface area contributed by atoms with Gasteiger partial charge in [0.25, 0.3) is 0 Å². The Hall–Kier alpha value is -1.36. The molecule has 84 valence electrons. The van der Waals surface area contributed by atoms with Crippen LogP contribution < -0.4 is 5.73 Å². The molecular formula is C10H17N3O2. The standard InChI is InChI=1S/C10H17N3O2/c1-7(2)5-13-6-8(4-12-13)9(3-11)10(14)15/h4,6-7,9H,3,5,11H2,1-2H3,(H,14,15). The van der Waals surface area contributed by atoms with Crippen molar-refractivity contribution in [2.45, 2.75) is 26.3 Å². The van der Waals surface area contributed by atoms with Crippen LogP contribution in [0.3, 0.4) is 0 Å². The molecule has 0 aliphatic rings. The van der Waals surface area contributed by atoms with Gasteiger partial charge in [-0.3, -0.25) is 9.48 Å². The number of carboxylic acids is 1. The zero-order valence-corrected chi connectivity index (χ0v) is 9.05. The molecule has 0 amide bonds. The largest absolute Gasteiger partial charge is 0.481 e. The molecule has 0 aliphatic carbocycles. The first kappa shape index (κ1) is 11.7. The van der Waals surface area contributed by atoms with Gasteiger partial charge in [0.15, 0.2) is 0 Å². The van der Waals surface area contributed by atoms with E-state index in [4.69, 9.17) is 10.8 Å². The molecule has 1 heterocycles. The molecule has 0 aliphatic heterocycles. The van der Waals surface area contributed by atoms with Crippen LogP contribution in [-0.2, 0) is 11.3 Å². The van der Waals surface area contributed by atoms with Crippen molar-refractivity contribution in [2.75, 3.05) is 6.54 Å². The molecule has 3 N–H and O–H groups in total. The summed E-state index contributed by atoms with van der Waals surface area (Å²) >= 11 is 0. The predicted octanol–water partition coefficient (Wildman–Crippen LogP) is 0.666. The Labute approximate surface area is 88.9 Å². The molecule has 15 heavy (non-hydrogen) atoms. The molecule has 0 saturated heterocycles. The summed E-state index contributed by atoms with van der Waals surface area (Å²) in [7, 11) is 0. The molecule has 0 radical (unpaired) electrons. The third kappa shape index (κ3) is 3.06. The lowest BCUT2D eigenvalue weighted by molar-refractivity contribution is -0.138. The van der Waals surface area contributed by atoms with Crippen LogP contribution in [0.2, 0.25) is 0 Å². The van der Waals surface area contributed by atoms with E-state index in [1.165, 1.54) is 0 Å². The van der Waals surface area contributed by atoms with Gasteiger partial charge in [-0.2, -0.15) is 5.10 Å². The number of nitrogens with zero attached hydrogens (tertiary/aromatic N) is 2. The second-order valence-corrected chi connectivity index (χ2v) is 4.02. The van der Waals surface area contributed by atoms with E-state index in [1.54, 1.807) is 17.1 Å². The highest BCUT2D eigenvalue weighted by molar-refractivity contribution is 5.76. The van der Waals surface area contributed by atoms with Crippen LogP contribution in [0.4, 0.5) is 0 Å². The first-order chi connectivity index (χ1) is 7.04. The lowest BCUT2D eigenvalue weighted by atomic mass is 10.0. The summed E-state index contributed by atoms with van der Waals surface area (Å²) in [6.45, 7) is 5.05. The van der Waals surface area contributed by atoms with Crippen molar-refractivity contribution in [3.8, 4) is 0 Å². The van der Waals surface area contributed by atoms with Gasteiger partial charge in [0.1, 0.15) is 0 Å². The van der Waals surface area contributed by atoms with Crippen molar-refractivity contribution >= 4 is 5.97 Å². The lowest BCUT2D eigenvalue weighted by Gasteiger charge is -2.06. The smallest absolute Gasteiger partial charge is 0.312 e. The molecule has 5 heteroatoms. The molecule has 1 aromatic heterocycles. The summed E-state index contributed by atoms with van der Waals surface area (Å²) in [5.41, 5.74) is 6.07. The molecule has 1 atom stereocenters. The fourth-order valence-electron chi connectivity index (χ4n) is 1.41. The molecular weight excluding hydrogens is 194 g/mol. The minimum atomic E-state index is -0.901. The number of nitrogens with two attached hydrogens (primary N) is 1. The Morgan fingerprint density at radius 1 is 1.67 bits per heavy atom. The zero-order valence-electron chi connectivity index (χ0n) is 9.05. The van der Waals surface area contributed by atoms with E-state index in [1.807, 2.05) is 0 Å². The minimum absolute atomic E-state index is 0.0999. The second kappa shape index (κ2) is 4.93. The summed E-state index contributed by atoms with van der Waals surface area (Å²) in [6, 6.07) is 0. The molecule has 0 fully saturated rings. The molecule has 0 bridgehead atoms. The van der Waals surface area contributed by atoms with Crippen LogP contribution in [0, 0.1) is 5.92 Å². The molecule has 0 aromatic carbocycles. The van der Waals surface area contributed by atoms with Gasteiger partial charge >= 0.3 is 5.97 Å². The van der Waals surface area contributed by atoms with E-state index in [-0.39, 0.29) is 6.54 Å². The molecule has 1 rings (SSSR count). The summed E-state index contributed by atoms with van der Waals surface area (Å²) in [5.74, 6) is -1.06. The van der Waals surface area contributed by atoms with Crippen molar-refractivity contribution in [3.05, 3.63) is 18.0 Å². The van der Waals surface area contributed by atoms with Gasteiger partial charge in [-0.25, -0.2) is 0 Å². The van der Waals surface area contributed by atoms with Crippen LogP contribution in [0.25, 0.3) is 0 Å². The normalized spacial score (nSPS) is 13.1. The van der Waals surface area contributed by atoms with Gasteiger partial charge in [0.05, 0.1) is 12.1 Å². The van der Waals surface area contributed by atoms with E-state index >= 15 is 0 Å². The van der Waals surface area contributed by atoms with E-state index in [0.717, 1.165) is 6.54 Å². The molecule has 1 unspecified atom stereocenters. The number of carbonyl (C=O) groups is 1. The number of aromatic nitrogens is 2. The van der Waals surface area contributed by atoms with Crippen molar-refractivity contribution in [1.82, 2.24) is 9.78 Å². The van der Waals surface area contributed by atoms with Crippen molar-refractivity contribution < 1.29 is 9.90 Å². The maximum absolute atomic E-state index is 10.8. The number of rotatable bonds is 5. The Bertz CT molecular complexity index is 333. The number of hydrogen-bond acceptors (Lipinski definition) is 3. The van der Waals surface area contributed by atoms with Crippen LogP contribution >= 0.6 is 0 Å². The van der Waals surface area contributed by atoms with Crippen LogP contribution in [0.1, 0.15) is 25.3 Å².